The van der Waals surface area contributed by atoms with E-state index in [0.717, 1.165) is 24.8 Å². The first-order valence-corrected chi connectivity index (χ1v) is 6.35. The first-order chi connectivity index (χ1) is 8.71. The summed E-state index contributed by atoms with van der Waals surface area (Å²) in [5, 5.41) is 12.0. The maximum atomic E-state index is 11.2. The minimum absolute atomic E-state index is 0.0821. The Labute approximate surface area is 106 Å². The van der Waals surface area contributed by atoms with Crippen molar-refractivity contribution in [2.24, 2.45) is 0 Å². The van der Waals surface area contributed by atoms with Crippen LogP contribution in [0.15, 0.2) is 24.3 Å². The summed E-state index contributed by atoms with van der Waals surface area (Å²) in [5.74, 6) is 0.472. The molecule has 3 rings (SSSR count). The molecule has 2 fully saturated rings. The van der Waals surface area contributed by atoms with Gasteiger partial charge in [0.2, 0.25) is 0 Å². The van der Waals surface area contributed by atoms with Crippen LogP contribution in [-0.4, -0.2) is 23.3 Å². The predicted molar refractivity (Wildman–Crippen MR) is 66.2 cm³/mol. The average Bonchev–Trinajstić information content (AvgIpc) is 2.97. The minimum atomic E-state index is -0.286. The molecular weight excluding hydrogens is 230 g/mol. The van der Waals surface area contributed by atoms with Crippen LogP contribution in [0.3, 0.4) is 0 Å². The molecule has 1 aromatic rings. The van der Waals surface area contributed by atoms with Crippen molar-refractivity contribution in [2.75, 3.05) is 6.61 Å². The summed E-state index contributed by atoms with van der Waals surface area (Å²) >= 11 is 0. The topological polar surface area (TPSA) is 58.6 Å². The SMILES string of the molecule is O=C1N[C@@]2(CC[C@@H](c3ccc(CO)cc3)C2)CO1. The lowest BCUT2D eigenvalue weighted by Crippen LogP contribution is -2.40. The van der Waals surface area contributed by atoms with Crippen molar-refractivity contribution in [3.8, 4) is 0 Å². The number of nitrogens with one attached hydrogen (secondary N) is 1. The molecule has 0 bridgehead atoms. The molecule has 1 heterocycles. The molecule has 1 aliphatic heterocycles. The van der Waals surface area contributed by atoms with E-state index in [0.29, 0.717) is 12.5 Å². The Hall–Kier alpha value is -1.55. The molecule has 1 aliphatic carbocycles. The molecule has 1 amide bonds. The summed E-state index contributed by atoms with van der Waals surface area (Å²) < 4.78 is 5.03. The fourth-order valence-electron chi connectivity index (χ4n) is 3.04. The lowest BCUT2D eigenvalue weighted by Gasteiger charge is -2.20. The fourth-order valence-corrected chi connectivity index (χ4v) is 3.04. The molecule has 18 heavy (non-hydrogen) atoms. The largest absolute Gasteiger partial charge is 0.447 e. The highest BCUT2D eigenvalue weighted by atomic mass is 16.6. The van der Waals surface area contributed by atoms with E-state index in [1.165, 1.54) is 5.56 Å². The number of aliphatic hydroxyl groups excluding tert-OH is 1. The normalized spacial score (nSPS) is 30.5. The highest BCUT2D eigenvalue weighted by Crippen LogP contribution is 2.42. The molecule has 2 atom stereocenters. The monoisotopic (exact) mass is 247 g/mol. The van der Waals surface area contributed by atoms with Gasteiger partial charge in [0.05, 0.1) is 12.1 Å². The zero-order chi connectivity index (χ0) is 12.6. The van der Waals surface area contributed by atoms with Gasteiger partial charge in [-0.05, 0) is 36.3 Å². The molecule has 4 heteroatoms. The molecule has 1 saturated carbocycles. The van der Waals surface area contributed by atoms with E-state index >= 15 is 0 Å². The van der Waals surface area contributed by atoms with E-state index in [9.17, 15) is 4.79 Å². The minimum Gasteiger partial charge on any atom is -0.447 e. The number of carbonyl (C=O) groups is 1. The summed E-state index contributed by atoms with van der Waals surface area (Å²) in [6.07, 6.45) is 2.70. The van der Waals surface area contributed by atoms with Crippen molar-refractivity contribution >= 4 is 6.09 Å². The first kappa shape index (κ1) is 11.5. The van der Waals surface area contributed by atoms with Crippen LogP contribution in [0.5, 0.6) is 0 Å². The van der Waals surface area contributed by atoms with Crippen molar-refractivity contribution in [3.05, 3.63) is 35.4 Å². The highest BCUT2D eigenvalue weighted by Gasteiger charge is 2.45. The molecule has 0 aromatic heterocycles. The lowest BCUT2D eigenvalue weighted by molar-refractivity contribution is 0.172. The number of aliphatic hydroxyl groups is 1. The third-order valence-electron chi connectivity index (χ3n) is 4.09. The van der Waals surface area contributed by atoms with Gasteiger partial charge in [-0.25, -0.2) is 4.79 Å². The van der Waals surface area contributed by atoms with Crippen molar-refractivity contribution in [1.29, 1.82) is 0 Å². The molecule has 0 unspecified atom stereocenters. The van der Waals surface area contributed by atoms with Gasteiger partial charge in [0.25, 0.3) is 0 Å². The van der Waals surface area contributed by atoms with Crippen molar-refractivity contribution < 1.29 is 14.6 Å². The quantitative estimate of drug-likeness (QED) is 0.839. The Balaban J connectivity index is 1.73. The molecule has 1 spiro atoms. The smallest absolute Gasteiger partial charge is 0.407 e. The van der Waals surface area contributed by atoms with Crippen molar-refractivity contribution in [3.63, 3.8) is 0 Å². The molecule has 4 nitrogen and oxygen atoms in total. The van der Waals surface area contributed by atoms with Crippen LogP contribution in [0.1, 0.15) is 36.3 Å². The van der Waals surface area contributed by atoms with Gasteiger partial charge in [-0.3, -0.25) is 0 Å². The maximum Gasteiger partial charge on any atom is 0.407 e. The third-order valence-corrected chi connectivity index (χ3v) is 4.09. The Bertz CT molecular complexity index is 457. The zero-order valence-electron chi connectivity index (χ0n) is 10.2. The van der Waals surface area contributed by atoms with E-state index in [4.69, 9.17) is 9.84 Å². The summed E-state index contributed by atoms with van der Waals surface area (Å²) in [5.41, 5.74) is 2.08. The third kappa shape index (κ3) is 1.97. The fraction of sp³-hybridized carbons (Fsp3) is 0.500. The maximum absolute atomic E-state index is 11.2. The number of hydrogen-bond acceptors (Lipinski definition) is 3. The number of amides is 1. The van der Waals surface area contributed by atoms with Crippen molar-refractivity contribution in [1.82, 2.24) is 5.32 Å². The zero-order valence-corrected chi connectivity index (χ0v) is 10.2. The van der Waals surface area contributed by atoms with E-state index in [1.54, 1.807) is 0 Å². The van der Waals surface area contributed by atoms with Crippen LogP contribution in [-0.2, 0) is 11.3 Å². The average molecular weight is 247 g/mol. The summed E-state index contributed by atoms with van der Waals surface area (Å²) in [6, 6.07) is 8.08. The molecule has 0 radical (unpaired) electrons. The van der Waals surface area contributed by atoms with Crippen LogP contribution < -0.4 is 5.32 Å². The van der Waals surface area contributed by atoms with Crippen molar-refractivity contribution in [2.45, 2.75) is 37.3 Å². The molecule has 1 aromatic carbocycles. The standard InChI is InChI=1S/C14H17NO3/c16-8-10-1-3-11(4-2-10)12-5-6-14(7-12)9-18-13(17)15-14/h1-4,12,16H,5-9H2,(H,15,17)/t12-,14-/m1/s1. The number of rotatable bonds is 2. The van der Waals surface area contributed by atoms with Crippen LogP contribution in [0, 0.1) is 0 Å². The van der Waals surface area contributed by atoms with Gasteiger partial charge in [0.1, 0.15) is 6.61 Å². The Morgan fingerprint density at radius 3 is 2.78 bits per heavy atom. The van der Waals surface area contributed by atoms with Gasteiger partial charge < -0.3 is 15.2 Å². The second-order valence-electron chi connectivity index (χ2n) is 5.32. The molecule has 2 N–H and O–H groups in total. The molecule has 2 aliphatic rings. The van der Waals surface area contributed by atoms with Crippen LogP contribution in [0.2, 0.25) is 0 Å². The van der Waals surface area contributed by atoms with Gasteiger partial charge in [0, 0.05) is 0 Å². The second-order valence-corrected chi connectivity index (χ2v) is 5.32. The Kier molecular flexibility index (Phi) is 2.74. The Morgan fingerprint density at radius 1 is 1.39 bits per heavy atom. The summed E-state index contributed by atoms with van der Waals surface area (Å²) in [4.78, 5) is 11.2. The molecule has 1 saturated heterocycles. The van der Waals surface area contributed by atoms with Crippen LogP contribution in [0.4, 0.5) is 4.79 Å². The highest BCUT2D eigenvalue weighted by molar-refractivity contribution is 5.70. The van der Waals surface area contributed by atoms with E-state index in [-0.39, 0.29) is 18.2 Å². The summed E-state index contributed by atoms with van der Waals surface area (Å²) in [7, 11) is 0. The number of alkyl carbamates (subject to hydrolysis) is 1. The number of cyclic esters (lactones) is 1. The number of ether oxygens (including phenoxy) is 1. The second kappa shape index (κ2) is 4.28. The van der Waals surface area contributed by atoms with Gasteiger partial charge in [-0.15, -0.1) is 0 Å². The van der Waals surface area contributed by atoms with Gasteiger partial charge in [0.15, 0.2) is 0 Å². The van der Waals surface area contributed by atoms with Gasteiger partial charge in [-0.1, -0.05) is 24.3 Å². The number of carbonyl (C=O) groups excluding carboxylic acids is 1. The molecule has 96 valence electrons. The van der Waals surface area contributed by atoms with E-state index in [2.05, 4.69) is 17.4 Å². The van der Waals surface area contributed by atoms with Crippen LogP contribution in [0.25, 0.3) is 0 Å². The predicted octanol–water partition coefficient (Wildman–Crippen LogP) is 1.93. The molecular formula is C14H17NO3. The van der Waals surface area contributed by atoms with E-state index in [1.807, 2.05) is 12.1 Å². The number of benzene rings is 1. The van der Waals surface area contributed by atoms with E-state index < -0.39 is 0 Å². The van der Waals surface area contributed by atoms with Crippen LogP contribution >= 0.6 is 0 Å². The van der Waals surface area contributed by atoms with Gasteiger partial charge in [-0.2, -0.15) is 0 Å². The first-order valence-electron chi connectivity index (χ1n) is 6.35. The Morgan fingerprint density at radius 2 is 2.17 bits per heavy atom. The van der Waals surface area contributed by atoms with Gasteiger partial charge >= 0.3 is 6.09 Å². The number of hydrogen-bond donors (Lipinski definition) is 2. The lowest BCUT2D eigenvalue weighted by atomic mass is 9.93. The summed E-state index contributed by atoms with van der Waals surface area (Å²) in [6.45, 7) is 0.579.